The molecular weight excluding hydrogens is 284 g/mol. The Balaban J connectivity index is 1.85. The summed E-state index contributed by atoms with van der Waals surface area (Å²) in [6.07, 6.45) is 1.86. The average Bonchev–Trinajstić information content (AvgIpc) is 2.99. The summed E-state index contributed by atoms with van der Waals surface area (Å²) in [5.74, 6) is -0.121. The predicted molar refractivity (Wildman–Crippen MR) is 85.4 cm³/mol. The fourth-order valence-corrected chi connectivity index (χ4v) is 3.31. The Bertz CT molecular complexity index is 898. The summed E-state index contributed by atoms with van der Waals surface area (Å²) in [5, 5.41) is 4.79. The van der Waals surface area contributed by atoms with Gasteiger partial charge in [-0.15, -0.1) is 0 Å². The topological polar surface area (TPSA) is 68.3 Å². The van der Waals surface area contributed by atoms with Crippen LogP contribution in [0.5, 0.6) is 0 Å². The van der Waals surface area contributed by atoms with Crippen molar-refractivity contribution < 1.29 is 9.21 Å². The standard InChI is InChI=1S/C16H12N2O2S/c17-16-18-15(19)14(21-16)8-9-5-6-13-11(7-9)10-3-1-2-4-12(10)20-13/h1-8,16H,17H2,(H,18,19)/b14-8-. The third-order valence-corrected chi connectivity index (χ3v) is 4.38. The lowest BCUT2D eigenvalue weighted by Gasteiger charge is -1.97. The monoisotopic (exact) mass is 296 g/mol. The van der Waals surface area contributed by atoms with Crippen molar-refractivity contribution in [2.45, 2.75) is 5.50 Å². The second kappa shape index (κ2) is 4.65. The molecule has 5 heteroatoms. The van der Waals surface area contributed by atoms with Crippen LogP contribution in [0, 0.1) is 0 Å². The number of hydrogen-bond donors (Lipinski definition) is 2. The van der Waals surface area contributed by atoms with Crippen molar-refractivity contribution >= 4 is 45.7 Å². The van der Waals surface area contributed by atoms with Crippen molar-refractivity contribution in [1.29, 1.82) is 0 Å². The maximum atomic E-state index is 11.7. The summed E-state index contributed by atoms with van der Waals surface area (Å²) in [5.41, 5.74) is 8.01. The van der Waals surface area contributed by atoms with Crippen molar-refractivity contribution in [3.8, 4) is 0 Å². The van der Waals surface area contributed by atoms with Gasteiger partial charge in [-0.25, -0.2) is 0 Å². The van der Waals surface area contributed by atoms with Crippen LogP contribution in [0.1, 0.15) is 5.56 Å². The minimum Gasteiger partial charge on any atom is -0.456 e. The number of rotatable bonds is 1. The van der Waals surface area contributed by atoms with Gasteiger partial charge in [-0.1, -0.05) is 36.0 Å². The SMILES string of the molecule is NC1NC(=O)/C(=C/c2ccc3oc4ccccc4c3c2)S1. The van der Waals surface area contributed by atoms with Gasteiger partial charge in [0.25, 0.3) is 5.91 Å². The van der Waals surface area contributed by atoms with Crippen LogP contribution in [0.25, 0.3) is 28.0 Å². The Labute approximate surface area is 125 Å². The molecule has 4 rings (SSSR count). The highest BCUT2D eigenvalue weighted by Crippen LogP contribution is 2.31. The van der Waals surface area contributed by atoms with Crippen LogP contribution in [-0.4, -0.2) is 11.4 Å². The molecule has 21 heavy (non-hydrogen) atoms. The molecule has 3 aromatic rings. The Morgan fingerprint density at radius 2 is 1.95 bits per heavy atom. The van der Waals surface area contributed by atoms with Crippen LogP contribution >= 0.6 is 11.8 Å². The second-order valence-corrected chi connectivity index (χ2v) is 6.06. The lowest BCUT2D eigenvalue weighted by atomic mass is 10.1. The van der Waals surface area contributed by atoms with E-state index in [0.29, 0.717) is 4.91 Å². The van der Waals surface area contributed by atoms with Crippen molar-refractivity contribution in [1.82, 2.24) is 5.32 Å². The van der Waals surface area contributed by atoms with Gasteiger partial charge in [0.2, 0.25) is 0 Å². The third-order valence-electron chi connectivity index (χ3n) is 3.45. The number of amides is 1. The zero-order valence-corrected chi connectivity index (χ0v) is 11.8. The Hall–Kier alpha value is -2.24. The van der Waals surface area contributed by atoms with Gasteiger partial charge in [0, 0.05) is 10.8 Å². The van der Waals surface area contributed by atoms with Crippen LogP contribution in [0.4, 0.5) is 0 Å². The largest absolute Gasteiger partial charge is 0.456 e. The highest BCUT2D eigenvalue weighted by atomic mass is 32.2. The van der Waals surface area contributed by atoms with Crippen molar-refractivity contribution in [3.05, 3.63) is 52.9 Å². The first-order valence-corrected chi connectivity index (χ1v) is 7.45. The maximum absolute atomic E-state index is 11.7. The lowest BCUT2D eigenvalue weighted by Crippen LogP contribution is -2.31. The number of furan rings is 1. The fraction of sp³-hybridized carbons (Fsp3) is 0.0625. The van der Waals surface area contributed by atoms with E-state index >= 15 is 0 Å². The summed E-state index contributed by atoms with van der Waals surface area (Å²) in [4.78, 5) is 12.4. The van der Waals surface area contributed by atoms with Crippen LogP contribution < -0.4 is 11.1 Å². The second-order valence-electron chi connectivity index (χ2n) is 4.87. The van der Waals surface area contributed by atoms with Crippen LogP contribution in [0.2, 0.25) is 0 Å². The molecule has 1 atom stereocenters. The van der Waals surface area contributed by atoms with E-state index in [1.165, 1.54) is 11.8 Å². The number of fused-ring (bicyclic) bond motifs is 3. The molecule has 0 bridgehead atoms. The molecule has 1 aromatic heterocycles. The van der Waals surface area contributed by atoms with Gasteiger partial charge in [0.05, 0.1) is 4.91 Å². The average molecular weight is 296 g/mol. The molecule has 1 unspecified atom stereocenters. The Morgan fingerprint density at radius 1 is 1.14 bits per heavy atom. The molecule has 0 saturated carbocycles. The fourth-order valence-electron chi connectivity index (χ4n) is 2.50. The molecule has 0 spiro atoms. The van der Waals surface area contributed by atoms with Crippen molar-refractivity contribution in [2.24, 2.45) is 5.73 Å². The van der Waals surface area contributed by atoms with Gasteiger partial charge >= 0.3 is 0 Å². The van der Waals surface area contributed by atoms with Crippen LogP contribution in [-0.2, 0) is 4.79 Å². The van der Waals surface area contributed by atoms with E-state index in [1.807, 2.05) is 48.5 Å². The number of thioether (sulfide) groups is 1. The van der Waals surface area contributed by atoms with Crippen LogP contribution in [0.3, 0.4) is 0 Å². The molecule has 4 nitrogen and oxygen atoms in total. The van der Waals surface area contributed by atoms with Gasteiger partial charge in [0.15, 0.2) is 0 Å². The number of nitrogens with one attached hydrogen (secondary N) is 1. The smallest absolute Gasteiger partial charge is 0.259 e. The molecule has 1 saturated heterocycles. The minimum absolute atomic E-state index is 0.121. The molecule has 1 aliphatic heterocycles. The number of nitrogens with two attached hydrogens (primary N) is 1. The van der Waals surface area contributed by atoms with Gasteiger partial charge in [0.1, 0.15) is 16.7 Å². The lowest BCUT2D eigenvalue weighted by molar-refractivity contribution is -0.116. The molecule has 3 N–H and O–H groups in total. The Kier molecular flexibility index (Phi) is 2.77. The molecule has 0 radical (unpaired) electrons. The summed E-state index contributed by atoms with van der Waals surface area (Å²) in [6.45, 7) is 0. The van der Waals surface area contributed by atoms with Crippen molar-refractivity contribution in [3.63, 3.8) is 0 Å². The highest BCUT2D eigenvalue weighted by molar-refractivity contribution is 8.05. The summed E-state index contributed by atoms with van der Waals surface area (Å²) >= 11 is 1.33. The van der Waals surface area contributed by atoms with E-state index in [0.717, 1.165) is 27.5 Å². The first kappa shape index (κ1) is 12.5. The van der Waals surface area contributed by atoms with E-state index in [1.54, 1.807) is 0 Å². The normalized spacial score (nSPS) is 20.5. The maximum Gasteiger partial charge on any atom is 0.259 e. The predicted octanol–water partition coefficient (Wildman–Crippen LogP) is 3.03. The van der Waals surface area contributed by atoms with Gasteiger partial charge in [-0.05, 0) is 29.8 Å². The van der Waals surface area contributed by atoms with E-state index in [4.69, 9.17) is 10.2 Å². The molecule has 1 amide bonds. The zero-order valence-electron chi connectivity index (χ0n) is 11.0. The highest BCUT2D eigenvalue weighted by Gasteiger charge is 2.23. The first-order valence-electron chi connectivity index (χ1n) is 6.57. The summed E-state index contributed by atoms with van der Waals surface area (Å²) < 4.78 is 5.79. The quantitative estimate of drug-likeness (QED) is 0.677. The zero-order chi connectivity index (χ0) is 14.4. The Morgan fingerprint density at radius 3 is 2.76 bits per heavy atom. The van der Waals surface area contributed by atoms with Gasteiger partial charge < -0.3 is 15.5 Å². The number of carbonyl (C=O) groups excluding carboxylic acids is 1. The summed E-state index contributed by atoms with van der Waals surface area (Å²) in [6, 6.07) is 13.8. The molecule has 0 aliphatic carbocycles. The molecule has 1 fully saturated rings. The van der Waals surface area contributed by atoms with E-state index < -0.39 is 0 Å². The number of carbonyl (C=O) groups is 1. The van der Waals surface area contributed by atoms with Crippen molar-refractivity contribution in [2.75, 3.05) is 0 Å². The molecular formula is C16H12N2O2S. The van der Waals surface area contributed by atoms with Gasteiger partial charge in [-0.3, -0.25) is 4.79 Å². The van der Waals surface area contributed by atoms with E-state index in [9.17, 15) is 4.79 Å². The van der Waals surface area contributed by atoms with Gasteiger partial charge in [-0.2, -0.15) is 0 Å². The number of hydrogen-bond acceptors (Lipinski definition) is 4. The van der Waals surface area contributed by atoms with E-state index in [2.05, 4.69) is 5.32 Å². The molecule has 2 heterocycles. The molecule has 2 aromatic carbocycles. The third kappa shape index (κ3) is 2.11. The van der Waals surface area contributed by atoms with E-state index in [-0.39, 0.29) is 11.4 Å². The minimum atomic E-state index is -0.359. The number of para-hydroxylation sites is 1. The summed E-state index contributed by atoms with van der Waals surface area (Å²) in [7, 11) is 0. The number of benzene rings is 2. The van der Waals surface area contributed by atoms with Crippen LogP contribution in [0.15, 0.2) is 51.8 Å². The first-order chi connectivity index (χ1) is 10.2. The molecule has 1 aliphatic rings. The molecule has 104 valence electrons.